The second-order valence-electron chi connectivity index (χ2n) is 4.38. The van der Waals surface area contributed by atoms with Crippen molar-refractivity contribution in [2.24, 2.45) is 0 Å². The zero-order valence-electron chi connectivity index (χ0n) is 10.5. The summed E-state index contributed by atoms with van der Waals surface area (Å²) in [6.45, 7) is 4.02. The molecule has 0 amide bonds. The molecule has 0 radical (unpaired) electrons. The van der Waals surface area contributed by atoms with Crippen LogP contribution in [0.1, 0.15) is 23.7 Å². The predicted molar refractivity (Wildman–Crippen MR) is 74.8 cm³/mol. The maximum atomic E-state index is 8.92. The second kappa shape index (κ2) is 5.65. The van der Waals surface area contributed by atoms with E-state index in [1.54, 1.807) is 23.5 Å². The van der Waals surface area contributed by atoms with Gasteiger partial charge in [0.05, 0.1) is 11.6 Å². The number of rotatable bonds is 4. The molecule has 1 unspecified atom stereocenters. The quantitative estimate of drug-likeness (QED) is 0.913. The Hall–Kier alpha value is -1.86. The number of pyridine rings is 1. The molecule has 4 heteroatoms. The fraction of sp³-hybridized carbons (Fsp3) is 0.286. The van der Waals surface area contributed by atoms with Crippen LogP contribution in [-0.2, 0) is 6.42 Å². The number of aryl methyl sites for hydroxylation is 1. The van der Waals surface area contributed by atoms with E-state index in [-0.39, 0.29) is 0 Å². The monoisotopic (exact) mass is 257 g/mol. The van der Waals surface area contributed by atoms with Crippen molar-refractivity contribution in [1.82, 2.24) is 4.98 Å². The summed E-state index contributed by atoms with van der Waals surface area (Å²) in [7, 11) is 0. The van der Waals surface area contributed by atoms with Crippen LogP contribution >= 0.6 is 11.3 Å². The summed E-state index contributed by atoms with van der Waals surface area (Å²) in [5.74, 6) is 0.772. The molecule has 0 bridgehead atoms. The van der Waals surface area contributed by atoms with Gasteiger partial charge in [0.15, 0.2) is 0 Å². The highest BCUT2D eigenvalue weighted by Gasteiger charge is 2.06. The van der Waals surface area contributed by atoms with E-state index in [1.807, 2.05) is 6.92 Å². The Morgan fingerprint density at radius 1 is 1.50 bits per heavy atom. The Labute approximate surface area is 111 Å². The number of anilines is 1. The van der Waals surface area contributed by atoms with E-state index in [1.165, 1.54) is 5.56 Å². The molecular weight excluding hydrogens is 242 g/mol. The number of hydrogen-bond donors (Lipinski definition) is 1. The van der Waals surface area contributed by atoms with Crippen molar-refractivity contribution in [3.8, 4) is 6.07 Å². The summed E-state index contributed by atoms with van der Waals surface area (Å²) in [5, 5.41) is 16.5. The number of hydrogen-bond acceptors (Lipinski definition) is 4. The maximum absolute atomic E-state index is 8.92. The molecule has 1 N–H and O–H groups in total. The van der Waals surface area contributed by atoms with Crippen LogP contribution in [0.3, 0.4) is 0 Å². The van der Waals surface area contributed by atoms with Crippen molar-refractivity contribution in [1.29, 1.82) is 5.26 Å². The van der Waals surface area contributed by atoms with Crippen molar-refractivity contribution < 1.29 is 0 Å². The molecule has 92 valence electrons. The first-order valence-corrected chi connectivity index (χ1v) is 6.78. The number of thiophene rings is 1. The largest absolute Gasteiger partial charge is 0.367 e. The molecule has 0 spiro atoms. The van der Waals surface area contributed by atoms with Gasteiger partial charge in [0, 0.05) is 11.7 Å². The van der Waals surface area contributed by atoms with E-state index in [0.29, 0.717) is 11.6 Å². The summed E-state index contributed by atoms with van der Waals surface area (Å²) in [6.07, 6.45) is 0.959. The van der Waals surface area contributed by atoms with Crippen LogP contribution in [0.2, 0.25) is 0 Å². The number of nitriles is 1. The van der Waals surface area contributed by atoms with Gasteiger partial charge in [0.2, 0.25) is 0 Å². The van der Waals surface area contributed by atoms with E-state index in [2.05, 4.69) is 40.1 Å². The van der Waals surface area contributed by atoms with Gasteiger partial charge in [-0.15, -0.1) is 0 Å². The summed E-state index contributed by atoms with van der Waals surface area (Å²) in [4.78, 5) is 4.39. The van der Waals surface area contributed by atoms with Crippen LogP contribution in [0, 0.1) is 18.3 Å². The van der Waals surface area contributed by atoms with Gasteiger partial charge in [-0.2, -0.15) is 16.6 Å². The minimum Gasteiger partial charge on any atom is -0.367 e. The molecule has 2 aromatic heterocycles. The fourth-order valence-electron chi connectivity index (χ4n) is 1.87. The first-order chi connectivity index (χ1) is 8.67. The zero-order chi connectivity index (χ0) is 13.0. The third-order valence-corrected chi connectivity index (χ3v) is 3.33. The van der Waals surface area contributed by atoms with Gasteiger partial charge in [-0.1, -0.05) is 0 Å². The molecule has 0 saturated heterocycles. The molecule has 0 aliphatic rings. The molecule has 0 saturated carbocycles. The van der Waals surface area contributed by atoms with E-state index >= 15 is 0 Å². The molecule has 1 atom stereocenters. The Balaban J connectivity index is 2.05. The van der Waals surface area contributed by atoms with E-state index in [0.717, 1.165) is 17.9 Å². The first kappa shape index (κ1) is 12.6. The Morgan fingerprint density at radius 3 is 3.00 bits per heavy atom. The maximum Gasteiger partial charge on any atom is 0.127 e. The van der Waals surface area contributed by atoms with Gasteiger partial charge >= 0.3 is 0 Å². The summed E-state index contributed by atoms with van der Waals surface area (Å²) < 4.78 is 0. The molecular formula is C14H15N3S. The topological polar surface area (TPSA) is 48.7 Å². The van der Waals surface area contributed by atoms with Crippen LogP contribution in [0.25, 0.3) is 0 Å². The lowest BCUT2D eigenvalue weighted by Crippen LogP contribution is -2.18. The molecule has 3 nitrogen and oxygen atoms in total. The van der Waals surface area contributed by atoms with Crippen molar-refractivity contribution in [3.63, 3.8) is 0 Å². The second-order valence-corrected chi connectivity index (χ2v) is 5.16. The van der Waals surface area contributed by atoms with Gasteiger partial charge in [0.1, 0.15) is 5.82 Å². The van der Waals surface area contributed by atoms with Crippen molar-refractivity contribution in [2.45, 2.75) is 26.3 Å². The number of aromatic nitrogens is 1. The lowest BCUT2D eigenvalue weighted by Gasteiger charge is -2.14. The van der Waals surface area contributed by atoms with Gasteiger partial charge in [0.25, 0.3) is 0 Å². The fourth-order valence-corrected chi connectivity index (χ4v) is 2.55. The predicted octanol–water partition coefficient (Wildman–Crippen LogP) is 3.37. The van der Waals surface area contributed by atoms with Crippen LogP contribution in [-0.4, -0.2) is 11.0 Å². The average molecular weight is 257 g/mol. The normalized spacial score (nSPS) is 11.8. The lowest BCUT2D eigenvalue weighted by molar-refractivity contribution is 0.786. The van der Waals surface area contributed by atoms with E-state index in [4.69, 9.17) is 5.26 Å². The minimum absolute atomic E-state index is 0.292. The van der Waals surface area contributed by atoms with Crippen molar-refractivity contribution in [2.75, 3.05) is 5.32 Å². The molecule has 0 aliphatic heterocycles. The molecule has 0 fully saturated rings. The molecule has 0 aromatic carbocycles. The highest BCUT2D eigenvalue weighted by molar-refractivity contribution is 7.07. The number of nitrogens with zero attached hydrogens (tertiary/aromatic N) is 2. The van der Waals surface area contributed by atoms with Gasteiger partial charge in [-0.3, -0.25) is 0 Å². The minimum atomic E-state index is 0.292. The lowest BCUT2D eigenvalue weighted by atomic mass is 10.1. The number of nitrogens with one attached hydrogen (secondary N) is 1. The Morgan fingerprint density at radius 2 is 2.33 bits per heavy atom. The summed E-state index contributed by atoms with van der Waals surface area (Å²) >= 11 is 1.71. The van der Waals surface area contributed by atoms with Crippen LogP contribution in [0.5, 0.6) is 0 Å². The van der Waals surface area contributed by atoms with Gasteiger partial charge in [-0.25, -0.2) is 4.98 Å². The van der Waals surface area contributed by atoms with Gasteiger partial charge < -0.3 is 5.32 Å². The molecule has 2 rings (SSSR count). The Kier molecular flexibility index (Phi) is 3.96. The van der Waals surface area contributed by atoms with E-state index in [9.17, 15) is 0 Å². The SMILES string of the molecule is Cc1cc(C#N)cc(NC(C)Cc2ccsc2)n1. The van der Waals surface area contributed by atoms with Gasteiger partial charge in [-0.05, 0) is 54.8 Å². The molecule has 2 heterocycles. The van der Waals surface area contributed by atoms with E-state index < -0.39 is 0 Å². The summed E-state index contributed by atoms with van der Waals surface area (Å²) in [5.41, 5.74) is 2.83. The zero-order valence-corrected chi connectivity index (χ0v) is 11.3. The summed E-state index contributed by atoms with van der Waals surface area (Å²) in [6, 6.07) is 8.15. The van der Waals surface area contributed by atoms with Crippen LogP contribution in [0.15, 0.2) is 29.0 Å². The van der Waals surface area contributed by atoms with Crippen molar-refractivity contribution in [3.05, 3.63) is 45.8 Å². The Bertz CT molecular complexity index is 555. The van der Waals surface area contributed by atoms with Crippen molar-refractivity contribution >= 4 is 17.2 Å². The highest BCUT2D eigenvalue weighted by Crippen LogP contribution is 2.14. The third-order valence-electron chi connectivity index (χ3n) is 2.60. The van der Waals surface area contributed by atoms with Crippen LogP contribution < -0.4 is 5.32 Å². The molecule has 18 heavy (non-hydrogen) atoms. The van der Waals surface area contributed by atoms with Crippen LogP contribution in [0.4, 0.5) is 5.82 Å². The molecule has 2 aromatic rings. The smallest absolute Gasteiger partial charge is 0.127 e. The average Bonchev–Trinajstić information content (AvgIpc) is 2.80. The first-order valence-electron chi connectivity index (χ1n) is 5.84. The molecule has 0 aliphatic carbocycles. The highest BCUT2D eigenvalue weighted by atomic mass is 32.1. The third kappa shape index (κ3) is 3.31. The standard InChI is InChI=1S/C14H15N3S/c1-10(5-12-3-4-18-9-12)16-14-7-13(8-15)6-11(2)17-14/h3-4,6-7,9-10H,5H2,1-2H3,(H,16,17).